The van der Waals surface area contributed by atoms with Gasteiger partial charge in [-0.2, -0.15) is 0 Å². The molecule has 1 amide bonds. The Balaban J connectivity index is 1.65. The van der Waals surface area contributed by atoms with Crippen LogP contribution in [0.2, 0.25) is 0 Å². The van der Waals surface area contributed by atoms with Gasteiger partial charge in [0.15, 0.2) is 0 Å². The van der Waals surface area contributed by atoms with Gasteiger partial charge in [-0.15, -0.1) is 0 Å². The summed E-state index contributed by atoms with van der Waals surface area (Å²) in [4.78, 5) is 20.7. The number of aliphatic imine (C=N–C) groups is 1. The van der Waals surface area contributed by atoms with Crippen LogP contribution in [0.1, 0.15) is 31.2 Å². The molecule has 1 saturated carbocycles. The maximum atomic E-state index is 13.4. The van der Waals surface area contributed by atoms with Crippen molar-refractivity contribution < 1.29 is 4.79 Å². The third-order valence-electron chi connectivity index (χ3n) is 5.74. The van der Waals surface area contributed by atoms with E-state index in [4.69, 9.17) is 17.2 Å². The highest BCUT2D eigenvalue weighted by molar-refractivity contribution is 7.81. The van der Waals surface area contributed by atoms with E-state index in [-0.39, 0.29) is 18.0 Å². The number of benzene rings is 2. The fraction of sp³-hybridized carbons (Fsp3) is 0.261. The second kappa shape index (κ2) is 6.99. The molecule has 0 aromatic heterocycles. The van der Waals surface area contributed by atoms with E-state index in [9.17, 15) is 4.79 Å². The molecule has 0 saturated heterocycles. The Morgan fingerprint density at radius 1 is 0.964 bits per heavy atom. The number of amides is 1. The third kappa shape index (κ3) is 2.78. The highest BCUT2D eigenvalue weighted by Gasteiger charge is 2.43. The van der Waals surface area contributed by atoms with Crippen molar-refractivity contribution in [1.29, 1.82) is 0 Å². The van der Waals surface area contributed by atoms with Crippen molar-refractivity contribution in [2.45, 2.75) is 37.8 Å². The first kappa shape index (κ1) is 17.3. The number of hydrogen-bond acceptors (Lipinski definition) is 4. The van der Waals surface area contributed by atoms with Crippen LogP contribution in [-0.2, 0) is 4.79 Å². The lowest BCUT2D eigenvalue weighted by atomic mass is 9.90. The molecule has 0 bridgehead atoms. The van der Waals surface area contributed by atoms with Gasteiger partial charge >= 0.3 is 0 Å². The van der Waals surface area contributed by atoms with E-state index in [0.717, 1.165) is 41.8 Å². The minimum absolute atomic E-state index is 0.0824. The Kier molecular flexibility index (Phi) is 4.32. The maximum absolute atomic E-state index is 13.4. The maximum Gasteiger partial charge on any atom is 0.280 e. The smallest absolute Gasteiger partial charge is 0.280 e. The number of carbonyl (C=O) groups excluding carboxylic acids is 1. The molecule has 2 aromatic rings. The average molecular weight is 388 g/mol. The Hall–Kier alpha value is -2.79. The SMILES string of the molecule is O=C1C2=C(C(=S)N1c1ccccc1)C(c1ccccc1)=N[C@@H]1CCCC[C@H]1N2. The summed E-state index contributed by atoms with van der Waals surface area (Å²) in [6.07, 6.45) is 4.40. The first-order valence-electron chi connectivity index (χ1n) is 9.82. The molecule has 2 heterocycles. The third-order valence-corrected chi connectivity index (χ3v) is 6.12. The minimum Gasteiger partial charge on any atom is -0.375 e. The topological polar surface area (TPSA) is 44.7 Å². The van der Waals surface area contributed by atoms with Crippen LogP contribution in [0.5, 0.6) is 0 Å². The quantitative estimate of drug-likeness (QED) is 0.792. The summed E-state index contributed by atoms with van der Waals surface area (Å²) in [6.45, 7) is 0. The Bertz CT molecular complexity index is 997. The second-order valence-corrected chi connectivity index (χ2v) is 7.86. The number of hydrogen-bond donors (Lipinski definition) is 1. The summed E-state index contributed by atoms with van der Waals surface area (Å²) in [6, 6.07) is 20.1. The van der Waals surface area contributed by atoms with Gasteiger partial charge in [-0.3, -0.25) is 14.7 Å². The van der Waals surface area contributed by atoms with Gasteiger partial charge in [-0.1, -0.05) is 73.6 Å². The zero-order valence-corrected chi connectivity index (χ0v) is 16.3. The molecule has 0 spiro atoms. The number of nitrogens with one attached hydrogen (secondary N) is 1. The molecule has 1 N–H and O–H groups in total. The van der Waals surface area contributed by atoms with E-state index < -0.39 is 0 Å². The monoisotopic (exact) mass is 387 g/mol. The molecule has 2 atom stereocenters. The number of rotatable bonds is 2. The van der Waals surface area contributed by atoms with Crippen molar-refractivity contribution in [3.05, 3.63) is 77.5 Å². The predicted octanol–water partition coefficient (Wildman–Crippen LogP) is 4.02. The first-order valence-corrected chi connectivity index (χ1v) is 10.2. The van der Waals surface area contributed by atoms with Gasteiger partial charge in [0.05, 0.1) is 23.0 Å². The molecule has 4 nitrogen and oxygen atoms in total. The number of anilines is 1. The summed E-state index contributed by atoms with van der Waals surface area (Å²) in [5.41, 5.74) is 4.01. The number of nitrogens with zero attached hydrogens (tertiary/aromatic N) is 2. The van der Waals surface area contributed by atoms with Crippen molar-refractivity contribution >= 4 is 34.5 Å². The fourth-order valence-electron chi connectivity index (χ4n) is 4.36. The van der Waals surface area contributed by atoms with Crippen LogP contribution in [-0.4, -0.2) is 28.7 Å². The van der Waals surface area contributed by atoms with Crippen molar-refractivity contribution in [1.82, 2.24) is 5.32 Å². The van der Waals surface area contributed by atoms with Crippen molar-refractivity contribution in [2.75, 3.05) is 4.90 Å². The van der Waals surface area contributed by atoms with E-state index in [2.05, 4.69) is 5.32 Å². The first-order chi connectivity index (χ1) is 13.7. The molecule has 2 aromatic carbocycles. The van der Waals surface area contributed by atoms with Crippen LogP contribution in [0.25, 0.3) is 0 Å². The second-order valence-electron chi connectivity index (χ2n) is 7.48. The summed E-state index contributed by atoms with van der Waals surface area (Å²) >= 11 is 5.83. The molecule has 5 rings (SSSR count). The van der Waals surface area contributed by atoms with Gasteiger partial charge in [0.1, 0.15) is 10.7 Å². The molecule has 3 aliphatic rings. The lowest BCUT2D eigenvalue weighted by Gasteiger charge is -2.30. The highest BCUT2D eigenvalue weighted by Crippen LogP contribution is 2.34. The standard InChI is InChI=1S/C23H21N3OS/c27-22-21-19(23(28)26(22)16-11-5-2-6-12-16)20(15-9-3-1-4-10-15)24-17-13-7-8-14-18(17)25-21/h1-6,9-12,17-18,25H,7-8,13-14H2/t17-,18-/m1/s1. The molecule has 28 heavy (non-hydrogen) atoms. The van der Waals surface area contributed by atoms with Crippen LogP contribution in [0.15, 0.2) is 76.9 Å². The summed E-state index contributed by atoms with van der Waals surface area (Å²) in [5.74, 6) is -0.0824. The van der Waals surface area contributed by atoms with Crippen molar-refractivity contribution in [3.63, 3.8) is 0 Å². The molecule has 5 heteroatoms. The van der Waals surface area contributed by atoms with Gasteiger partial charge in [0.25, 0.3) is 5.91 Å². The van der Waals surface area contributed by atoms with Crippen LogP contribution < -0.4 is 10.2 Å². The van der Waals surface area contributed by atoms with Gasteiger partial charge in [-0.25, -0.2) is 0 Å². The highest BCUT2D eigenvalue weighted by atomic mass is 32.1. The van der Waals surface area contributed by atoms with Crippen LogP contribution >= 0.6 is 12.2 Å². The zero-order valence-electron chi connectivity index (χ0n) is 15.5. The molecule has 1 aliphatic carbocycles. The van der Waals surface area contributed by atoms with Crippen LogP contribution in [0.3, 0.4) is 0 Å². The Morgan fingerprint density at radius 2 is 1.64 bits per heavy atom. The normalized spacial score (nSPS) is 24.3. The molecule has 140 valence electrons. The van der Waals surface area contributed by atoms with E-state index in [1.807, 2.05) is 60.7 Å². The number of carbonyl (C=O) groups is 1. The number of thiocarbonyl (C=S) groups is 1. The Morgan fingerprint density at radius 3 is 2.39 bits per heavy atom. The van der Waals surface area contributed by atoms with E-state index in [0.29, 0.717) is 10.7 Å². The lowest BCUT2D eigenvalue weighted by molar-refractivity contribution is -0.114. The molecule has 0 unspecified atom stereocenters. The van der Waals surface area contributed by atoms with E-state index >= 15 is 0 Å². The molecule has 2 aliphatic heterocycles. The molecular formula is C23H21N3OS. The number of fused-ring (bicyclic) bond motifs is 1. The summed E-state index contributed by atoms with van der Waals surface area (Å²) in [7, 11) is 0. The van der Waals surface area contributed by atoms with Crippen LogP contribution in [0.4, 0.5) is 5.69 Å². The van der Waals surface area contributed by atoms with Gasteiger partial charge in [0.2, 0.25) is 0 Å². The molecular weight excluding hydrogens is 366 g/mol. The van der Waals surface area contributed by atoms with Crippen LogP contribution in [0, 0.1) is 0 Å². The van der Waals surface area contributed by atoms with Crippen molar-refractivity contribution in [3.8, 4) is 0 Å². The van der Waals surface area contributed by atoms with Gasteiger partial charge < -0.3 is 5.32 Å². The van der Waals surface area contributed by atoms with Crippen molar-refractivity contribution in [2.24, 2.45) is 4.99 Å². The average Bonchev–Trinajstić information content (AvgIpc) is 2.89. The summed E-state index contributed by atoms with van der Waals surface area (Å²) in [5, 5.41) is 3.55. The van der Waals surface area contributed by atoms with E-state index in [1.54, 1.807) is 4.90 Å². The molecule has 0 radical (unpaired) electrons. The Labute approximate surface area is 170 Å². The fourth-order valence-corrected chi connectivity index (χ4v) is 4.75. The van der Waals surface area contributed by atoms with Gasteiger partial charge in [0, 0.05) is 11.6 Å². The number of para-hydroxylation sites is 1. The molecule has 1 fully saturated rings. The van der Waals surface area contributed by atoms with E-state index in [1.165, 1.54) is 6.42 Å². The lowest BCUT2D eigenvalue weighted by Crippen LogP contribution is -2.43. The largest absolute Gasteiger partial charge is 0.375 e. The van der Waals surface area contributed by atoms with Gasteiger partial charge in [-0.05, 0) is 25.0 Å². The minimum atomic E-state index is -0.0824. The summed E-state index contributed by atoms with van der Waals surface area (Å²) < 4.78 is 0. The zero-order chi connectivity index (χ0) is 19.1. The predicted molar refractivity (Wildman–Crippen MR) is 116 cm³/mol.